The fraction of sp³-hybridized carbons (Fsp3) is 0.389. The number of anilines is 2. The van der Waals surface area contributed by atoms with Gasteiger partial charge in [-0.15, -0.1) is 12.4 Å². The summed E-state index contributed by atoms with van der Waals surface area (Å²) in [6, 6.07) is 8.67. The molecule has 0 bridgehead atoms. The Bertz CT molecular complexity index is 759. The molecule has 1 aliphatic rings. The number of aromatic nitrogens is 2. The van der Waals surface area contributed by atoms with Crippen LogP contribution in [0.4, 0.5) is 16.2 Å². The molecule has 1 saturated heterocycles. The zero-order chi connectivity index (χ0) is 18.4. The van der Waals surface area contributed by atoms with Gasteiger partial charge in [-0.25, -0.2) is 4.79 Å². The number of carbonyl (C=O) groups is 2. The minimum Gasteiger partial charge on any atom is -0.338 e. The molecular weight excluding hydrogens is 368 g/mol. The molecule has 0 atom stereocenters. The maximum atomic E-state index is 13.1. The lowest BCUT2D eigenvalue weighted by atomic mass is 9.87. The molecule has 146 valence electrons. The van der Waals surface area contributed by atoms with E-state index in [0.717, 1.165) is 13.1 Å². The Kier molecular flexibility index (Phi) is 7.20. The first-order valence-electron chi connectivity index (χ1n) is 8.81. The molecule has 1 aromatic heterocycles. The van der Waals surface area contributed by atoms with Crippen molar-refractivity contribution in [1.29, 1.82) is 0 Å². The Morgan fingerprint density at radius 2 is 1.89 bits per heavy atom. The molecule has 0 aliphatic carbocycles. The summed E-state index contributed by atoms with van der Waals surface area (Å²) in [4.78, 5) is 24.8. The number of hydrogen-bond acceptors (Lipinski definition) is 4. The summed E-state index contributed by atoms with van der Waals surface area (Å²) in [6.45, 7) is 3.91. The van der Waals surface area contributed by atoms with Gasteiger partial charge in [0.05, 0.1) is 0 Å². The van der Waals surface area contributed by atoms with Gasteiger partial charge in [0.25, 0.3) is 5.91 Å². The van der Waals surface area contributed by atoms with E-state index in [9.17, 15) is 9.59 Å². The largest absolute Gasteiger partial charge is 0.338 e. The first-order chi connectivity index (χ1) is 12.6. The monoisotopic (exact) mass is 392 g/mol. The first-order valence-corrected chi connectivity index (χ1v) is 8.81. The molecule has 27 heavy (non-hydrogen) atoms. The molecule has 3 amide bonds. The van der Waals surface area contributed by atoms with Crippen molar-refractivity contribution in [1.82, 2.24) is 20.4 Å². The van der Waals surface area contributed by atoms with Gasteiger partial charge in [0.15, 0.2) is 0 Å². The number of urea groups is 1. The molecule has 3 rings (SSSR count). The van der Waals surface area contributed by atoms with Crippen molar-refractivity contribution in [3.8, 4) is 0 Å². The van der Waals surface area contributed by atoms with Crippen LogP contribution < -0.4 is 21.3 Å². The number of benzene rings is 1. The Labute approximate surface area is 164 Å². The predicted molar refractivity (Wildman–Crippen MR) is 107 cm³/mol. The minimum absolute atomic E-state index is 0. The zero-order valence-corrected chi connectivity index (χ0v) is 16.0. The number of hydrogen-bond donors (Lipinski definition) is 4. The van der Waals surface area contributed by atoms with Gasteiger partial charge >= 0.3 is 6.03 Å². The fourth-order valence-corrected chi connectivity index (χ4v) is 3.18. The minimum atomic E-state index is -0.711. The molecule has 9 heteroatoms. The van der Waals surface area contributed by atoms with Crippen molar-refractivity contribution >= 4 is 35.7 Å². The average Bonchev–Trinajstić information content (AvgIpc) is 3.18. The van der Waals surface area contributed by atoms with Crippen LogP contribution in [0, 0.1) is 0 Å². The lowest BCUT2D eigenvalue weighted by Gasteiger charge is -2.36. The molecule has 1 fully saturated rings. The van der Waals surface area contributed by atoms with Gasteiger partial charge in [-0.1, -0.05) is 6.07 Å². The summed E-state index contributed by atoms with van der Waals surface area (Å²) < 4.78 is 1.75. The smallest absolute Gasteiger partial charge is 0.319 e. The van der Waals surface area contributed by atoms with Gasteiger partial charge in [0.1, 0.15) is 5.54 Å². The van der Waals surface area contributed by atoms with E-state index in [1.165, 1.54) is 0 Å². The van der Waals surface area contributed by atoms with Crippen LogP contribution in [0.25, 0.3) is 0 Å². The van der Waals surface area contributed by atoms with Gasteiger partial charge < -0.3 is 21.3 Å². The van der Waals surface area contributed by atoms with Crippen molar-refractivity contribution in [3.63, 3.8) is 0 Å². The Balaban J connectivity index is 0.00000261. The standard InChI is InChI=1S/C18H24N6O2.ClH/c1-2-20-17(26)23-15-6-3-5-14(13-15)22-16(25)18(7-10-19-11-8-18)24-12-4-9-21-24;/h3-6,9,12-13,19H,2,7-8,10-11H2,1H3,(H,22,25)(H2,20,23,26);1H. The van der Waals surface area contributed by atoms with Gasteiger partial charge in [-0.2, -0.15) is 5.10 Å². The van der Waals surface area contributed by atoms with Crippen molar-refractivity contribution < 1.29 is 9.59 Å². The summed E-state index contributed by atoms with van der Waals surface area (Å²) in [6.07, 6.45) is 4.85. The van der Waals surface area contributed by atoms with Crippen LogP contribution in [0.15, 0.2) is 42.7 Å². The SMILES string of the molecule is CCNC(=O)Nc1cccc(NC(=O)C2(n3cccn3)CCNCC2)c1.Cl. The van der Waals surface area contributed by atoms with Crippen LogP contribution in [-0.4, -0.2) is 41.4 Å². The summed E-state index contributed by atoms with van der Waals surface area (Å²) in [7, 11) is 0. The predicted octanol–water partition coefficient (Wildman–Crippen LogP) is 2.16. The zero-order valence-electron chi connectivity index (χ0n) is 15.2. The van der Waals surface area contributed by atoms with Crippen molar-refractivity contribution in [2.75, 3.05) is 30.3 Å². The van der Waals surface area contributed by atoms with Gasteiger partial charge in [-0.05, 0) is 57.1 Å². The lowest BCUT2D eigenvalue weighted by Crippen LogP contribution is -2.52. The van der Waals surface area contributed by atoms with Gasteiger partial charge in [0.2, 0.25) is 0 Å². The second-order valence-electron chi connectivity index (χ2n) is 6.25. The molecule has 8 nitrogen and oxygen atoms in total. The molecule has 0 spiro atoms. The highest BCUT2D eigenvalue weighted by Gasteiger charge is 2.42. The van der Waals surface area contributed by atoms with Crippen LogP contribution in [-0.2, 0) is 10.3 Å². The number of carbonyl (C=O) groups excluding carboxylic acids is 2. The number of piperidine rings is 1. The highest BCUT2D eigenvalue weighted by Crippen LogP contribution is 2.29. The van der Waals surface area contributed by atoms with Gasteiger partial charge in [-0.3, -0.25) is 9.48 Å². The lowest BCUT2D eigenvalue weighted by molar-refractivity contribution is -0.126. The van der Waals surface area contributed by atoms with Crippen LogP contribution in [0.5, 0.6) is 0 Å². The Morgan fingerprint density at radius 3 is 2.52 bits per heavy atom. The molecule has 2 heterocycles. The van der Waals surface area contributed by atoms with Crippen molar-refractivity contribution in [2.45, 2.75) is 25.3 Å². The highest BCUT2D eigenvalue weighted by atomic mass is 35.5. The summed E-state index contributed by atoms with van der Waals surface area (Å²) in [5.74, 6) is -0.0992. The second kappa shape index (κ2) is 9.38. The number of amides is 3. The Hall–Kier alpha value is -2.58. The third-order valence-corrected chi connectivity index (χ3v) is 4.51. The average molecular weight is 393 g/mol. The molecule has 2 aromatic rings. The molecule has 0 radical (unpaired) electrons. The molecule has 0 saturated carbocycles. The third-order valence-electron chi connectivity index (χ3n) is 4.51. The van der Waals surface area contributed by atoms with E-state index in [2.05, 4.69) is 26.4 Å². The molecule has 1 aromatic carbocycles. The van der Waals surface area contributed by atoms with E-state index in [1.807, 2.05) is 19.2 Å². The highest BCUT2D eigenvalue weighted by molar-refractivity contribution is 5.97. The van der Waals surface area contributed by atoms with Crippen LogP contribution in [0.2, 0.25) is 0 Å². The third kappa shape index (κ3) is 4.78. The molecule has 4 N–H and O–H groups in total. The van der Waals surface area contributed by atoms with E-state index in [0.29, 0.717) is 30.8 Å². The maximum Gasteiger partial charge on any atom is 0.319 e. The quantitative estimate of drug-likeness (QED) is 0.626. The van der Waals surface area contributed by atoms with E-state index in [4.69, 9.17) is 0 Å². The first kappa shape index (κ1) is 20.7. The van der Waals surface area contributed by atoms with E-state index in [-0.39, 0.29) is 24.3 Å². The number of rotatable bonds is 5. The summed E-state index contributed by atoms with van der Waals surface area (Å²) in [5, 5.41) is 16.0. The molecular formula is C18H25ClN6O2. The van der Waals surface area contributed by atoms with E-state index >= 15 is 0 Å². The van der Waals surface area contributed by atoms with Crippen LogP contribution >= 0.6 is 12.4 Å². The van der Waals surface area contributed by atoms with Crippen molar-refractivity contribution in [3.05, 3.63) is 42.7 Å². The molecule has 1 aliphatic heterocycles. The number of halogens is 1. The second-order valence-corrected chi connectivity index (χ2v) is 6.25. The van der Waals surface area contributed by atoms with Crippen LogP contribution in [0.3, 0.4) is 0 Å². The topological polar surface area (TPSA) is 100 Å². The fourth-order valence-electron chi connectivity index (χ4n) is 3.18. The van der Waals surface area contributed by atoms with Crippen LogP contribution in [0.1, 0.15) is 19.8 Å². The molecule has 0 unspecified atom stereocenters. The van der Waals surface area contributed by atoms with E-state index in [1.54, 1.807) is 35.1 Å². The van der Waals surface area contributed by atoms with Gasteiger partial charge in [0, 0.05) is 30.3 Å². The van der Waals surface area contributed by atoms with E-state index < -0.39 is 5.54 Å². The Morgan fingerprint density at radius 1 is 1.19 bits per heavy atom. The number of nitrogens with one attached hydrogen (secondary N) is 4. The maximum absolute atomic E-state index is 13.1. The number of nitrogens with zero attached hydrogens (tertiary/aromatic N) is 2. The summed E-state index contributed by atoms with van der Waals surface area (Å²) in [5.41, 5.74) is 0.541. The normalized spacial score (nSPS) is 15.3. The van der Waals surface area contributed by atoms with Crippen molar-refractivity contribution in [2.24, 2.45) is 0 Å². The summed E-state index contributed by atoms with van der Waals surface area (Å²) >= 11 is 0.